The van der Waals surface area contributed by atoms with E-state index in [4.69, 9.17) is 18.9 Å². The summed E-state index contributed by atoms with van der Waals surface area (Å²) in [4.78, 5) is 17.4. The number of esters is 1. The van der Waals surface area contributed by atoms with Gasteiger partial charge in [0.2, 0.25) is 5.75 Å². The number of hydrogen-bond acceptors (Lipinski definition) is 9. The molecule has 0 radical (unpaired) electrons. The number of phenolic OH excluding ortho intramolecular Hbond substituents is 1. The first-order valence-corrected chi connectivity index (χ1v) is 10.4. The number of carbonyl (C=O) groups is 1. The molecule has 32 heavy (non-hydrogen) atoms. The molecule has 0 fully saturated rings. The molecule has 1 aliphatic rings. The minimum absolute atomic E-state index is 0.0318. The third kappa shape index (κ3) is 4.83. The lowest BCUT2D eigenvalue weighted by atomic mass is 10.1. The first kappa shape index (κ1) is 23.1. The predicted octanol–water partition coefficient (Wildman–Crippen LogP) is 4.61. The van der Waals surface area contributed by atoms with Crippen molar-refractivity contribution in [3.63, 3.8) is 0 Å². The summed E-state index contributed by atoms with van der Waals surface area (Å²) in [7, 11) is 4.42. The minimum Gasteiger partial charge on any atom is -0.506 e. The molecular weight excluding hydrogens is 434 g/mol. The van der Waals surface area contributed by atoms with E-state index < -0.39 is 5.97 Å². The molecule has 2 aromatic rings. The highest BCUT2D eigenvalue weighted by Crippen LogP contribution is 2.43. The number of aromatic hydroxyl groups is 1. The number of thioether (sulfide) groups is 1. The topological polar surface area (TPSA) is 107 Å². The predicted molar refractivity (Wildman–Crippen MR) is 123 cm³/mol. The van der Waals surface area contributed by atoms with E-state index in [9.17, 15) is 15.0 Å². The lowest BCUT2D eigenvalue weighted by Gasteiger charge is -2.10. The molecule has 0 atom stereocenters. The Hall–Kier alpha value is -3.59. The summed E-state index contributed by atoms with van der Waals surface area (Å²) in [5.74, 6) is 0.0584. The molecule has 168 valence electrons. The van der Waals surface area contributed by atoms with Crippen LogP contribution in [0.3, 0.4) is 0 Å². The van der Waals surface area contributed by atoms with Gasteiger partial charge in [0.25, 0.3) is 0 Å². The molecule has 1 aliphatic heterocycles. The molecule has 0 amide bonds. The largest absolute Gasteiger partial charge is 0.506 e. The van der Waals surface area contributed by atoms with Gasteiger partial charge in [-0.15, -0.1) is 0 Å². The second kappa shape index (κ2) is 10.1. The van der Waals surface area contributed by atoms with Gasteiger partial charge in [-0.2, -0.15) is 0 Å². The highest BCUT2D eigenvalue weighted by atomic mass is 32.2. The van der Waals surface area contributed by atoms with E-state index in [-0.39, 0.29) is 34.5 Å². The smallest absolute Gasteiger partial charge is 0.344 e. The van der Waals surface area contributed by atoms with E-state index in [2.05, 4.69) is 4.99 Å². The Morgan fingerprint density at radius 1 is 1.09 bits per heavy atom. The number of benzene rings is 2. The zero-order valence-corrected chi connectivity index (χ0v) is 18.9. The molecule has 0 spiro atoms. The van der Waals surface area contributed by atoms with Gasteiger partial charge in [-0.3, -0.25) is 0 Å². The van der Waals surface area contributed by atoms with Crippen LogP contribution in [0.15, 0.2) is 57.6 Å². The molecule has 0 aromatic heterocycles. The maximum absolute atomic E-state index is 12.6. The van der Waals surface area contributed by atoms with Crippen LogP contribution < -0.4 is 14.2 Å². The first-order chi connectivity index (χ1) is 15.4. The van der Waals surface area contributed by atoms with Crippen LogP contribution in [0.1, 0.15) is 12.5 Å². The van der Waals surface area contributed by atoms with E-state index in [0.29, 0.717) is 27.7 Å². The zero-order chi connectivity index (χ0) is 23.3. The van der Waals surface area contributed by atoms with Gasteiger partial charge >= 0.3 is 5.97 Å². The minimum atomic E-state index is -0.683. The van der Waals surface area contributed by atoms with Crippen molar-refractivity contribution in [2.75, 3.05) is 27.9 Å². The number of aliphatic imine (C=N–C) groups is 1. The third-order valence-corrected chi connectivity index (χ3v) is 5.45. The number of aliphatic hydroxyl groups excluding tert-OH is 1. The zero-order valence-electron chi connectivity index (χ0n) is 18.0. The summed E-state index contributed by atoms with van der Waals surface area (Å²) < 4.78 is 20.7. The van der Waals surface area contributed by atoms with E-state index in [1.165, 1.54) is 20.3 Å². The SMILES string of the molecule is CCOC(=O)C1=C(O)/C(=C\c2cc(O)c(OC)c(OC)c2)SC1=Nc1cccc(OC)c1. The molecule has 0 aliphatic carbocycles. The molecule has 0 saturated carbocycles. The summed E-state index contributed by atoms with van der Waals surface area (Å²) in [6.45, 7) is 1.83. The standard InChI is InChI=1S/C23H23NO7S/c1-5-31-23(27)19-20(26)18(11-13-9-16(25)21(30-4)17(10-13)29-3)32-22(19)24-14-7-6-8-15(12-14)28-2/h6-12,25-26H,5H2,1-4H3/b18-11+,24-22?. The number of carbonyl (C=O) groups excluding carboxylic acids is 1. The van der Waals surface area contributed by atoms with Gasteiger partial charge in [-0.25, -0.2) is 9.79 Å². The van der Waals surface area contributed by atoms with Gasteiger partial charge < -0.3 is 29.2 Å². The van der Waals surface area contributed by atoms with Crippen LogP contribution in [-0.4, -0.2) is 49.2 Å². The quantitative estimate of drug-likeness (QED) is 0.581. The average Bonchev–Trinajstić information content (AvgIpc) is 3.08. The number of hydrogen-bond donors (Lipinski definition) is 2. The van der Waals surface area contributed by atoms with Crippen molar-refractivity contribution < 1.29 is 34.0 Å². The van der Waals surface area contributed by atoms with Crippen molar-refractivity contribution >= 4 is 34.5 Å². The number of nitrogens with zero attached hydrogens (tertiary/aromatic N) is 1. The Morgan fingerprint density at radius 3 is 2.53 bits per heavy atom. The highest BCUT2D eigenvalue weighted by molar-refractivity contribution is 8.18. The Morgan fingerprint density at radius 2 is 1.88 bits per heavy atom. The number of ether oxygens (including phenoxy) is 4. The van der Waals surface area contributed by atoms with Crippen molar-refractivity contribution in [2.45, 2.75) is 6.92 Å². The second-order valence-electron chi connectivity index (χ2n) is 6.45. The fourth-order valence-electron chi connectivity index (χ4n) is 2.99. The van der Waals surface area contributed by atoms with E-state index in [1.54, 1.807) is 50.4 Å². The molecule has 9 heteroatoms. The highest BCUT2D eigenvalue weighted by Gasteiger charge is 2.33. The van der Waals surface area contributed by atoms with Gasteiger partial charge in [0.15, 0.2) is 11.5 Å². The summed E-state index contributed by atoms with van der Waals surface area (Å²) in [6.07, 6.45) is 1.61. The Labute approximate surface area is 189 Å². The van der Waals surface area contributed by atoms with Crippen LogP contribution in [-0.2, 0) is 9.53 Å². The summed E-state index contributed by atoms with van der Waals surface area (Å²) >= 11 is 1.11. The molecule has 8 nitrogen and oxygen atoms in total. The Bertz CT molecular complexity index is 1120. The van der Waals surface area contributed by atoms with Crippen molar-refractivity contribution in [3.05, 3.63) is 58.2 Å². The molecular formula is C23H23NO7S. The van der Waals surface area contributed by atoms with Gasteiger partial charge in [-0.1, -0.05) is 17.8 Å². The maximum atomic E-state index is 12.6. The molecule has 0 saturated heterocycles. The maximum Gasteiger partial charge on any atom is 0.344 e. The first-order valence-electron chi connectivity index (χ1n) is 9.60. The normalized spacial score (nSPS) is 15.9. The van der Waals surface area contributed by atoms with Crippen molar-refractivity contribution in [1.82, 2.24) is 0 Å². The molecule has 0 bridgehead atoms. The van der Waals surface area contributed by atoms with Crippen LogP contribution in [0.4, 0.5) is 5.69 Å². The molecule has 2 N–H and O–H groups in total. The van der Waals surface area contributed by atoms with Crippen molar-refractivity contribution in [2.24, 2.45) is 4.99 Å². The number of methoxy groups -OCH3 is 3. The fourth-order valence-corrected chi connectivity index (χ4v) is 4.02. The van der Waals surface area contributed by atoms with Crippen LogP contribution in [0.2, 0.25) is 0 Å². The van der Waals surface area contributed by atoms with Gasteiger partial charge in [0.05, 0.1) is 38.5 Å². The van der Waals surface area contributed by atoms with Crippen LogP contribution in [0.5, 0.6) is 23.0 Å². The molecule has 1 heterocycles. The Kier molecular flexibility index (Phi) is 7.32. The van der Waals surface area contributed by atoms with Gasteiger partial charge in [-0.05, 0) is 42.8 Å². The summed E-state index contributed by atoms with van der Waals surface area (Å²) in [6, 6.07) is 10.1. The number of rotatable bonds is 7. The van der Waals surface area contributed by atoms with Crippen LogP contribution in [0.25, 0.3) is 6.08 Å². The fraction of sp³-hybridized carbons (Fsp3) is 0.217. The number of aliphatic hydroxyl groups is 1. The Balaban J connectivity index is 2.07. The van der Waals surface area contributed by atoms with Crippen LogP contribution in [0, 0.1) is 0 Å². The lowest BCUT2D eigenvalue weighted by molar-refractivity contribution is -0.138. The van der Waals surface area contributed by atoms with Crippen molar-refractivity contribution in [3.8, 4) is 23.0 Å². The third-order valence-electron chi connectivity index (χ3n) is 4.43. The monoisotopic (exact) mass is 457 g/mol. The summed E-state index contributed by atoms with van der Waals surface area (Å²) in [5.41, 5.74) is 1.04. The van der Waals surface area contributed by atoms with Gasteiger partial charge in [0, 0.05) is 6.07 Å². The molecule has 2 aromatic carbocycles. The van der Waals surface area contributed by atoms with E-state index >= 15 is 0 Å². The molecule has 3 rings (SSSR count). The summed E-state index contributed by atoms with van der Waals surface area (Å²) in [5, 5.41) is 21.3. The van der Waals surface area contributed by atoms with E-state index in [1.807, 2.05) is 0 Å². The average molecular weight is 458 g/mol. The lowest BCUT2D eigenvalue weighted by Crippen LogP contribution is -2.12. The second-order valence-corrected chi connectivity index (χ2v) is 7.48. The molecule has 0 unspecified atom stereocenters. The van der Waals surface area contributed by atoms with Crippen LogP contribution >= 0.6 is 11.8 Å². The van der Waals surface area contributed by atoms with Crippen molar-refractivity contribution in [1.29, 1.82) is 0 Å². The van der Waals surface area contributed by atoms with E-state index in [0.717, 1.165) is 11.8 Å². The van der Waals surface area contributed by atoms with Gasteiger partial charge in [0.1, 0.15) is 22.1 Å². The number of phenols is 1.